The number of benzene rings is 2. The monoisotopic (exact) mass is 565 g/mol. The Bertz CT molecular complexity index is 1150. The van der Waals surface area contributed by atoms with Crippen LogP contribution in [0.2, 0.25) is 0 Å². The smallest absolute Gasteiger partial charge is 0.319 e. The number of methoxy groups -OCH3 is 1. The van der Waals surface area contributed by atoms with Gasteiger partial charge in [-0.25, -0.2) is 0 Å². The van der Waals surface area contributed by atoms with E-state index in [1.165, 1.54) is 19.6 Å². The van der Waals surface area contributed by atoms with Crippen LogP contribution in [0.3, 0.4) is 0 Å². The first kappa shape index (κ1) is 30.2. The standard InChI is InChI=1S/C32H39NO6S/c1-23(34)40-30(32(36)37-2)12-8-4-7-11-27-29(21-28(35)31(27)33-17-19-38-20-18-33)39-22-24-13-15-26(16-14-24)25-9-5-3-6-10-25/h3-6,8-10,13-16,27,29-31H,7,11-12,17-22H2,1-2H3/t27-,29-,30?,31+/m0/s1. The number of morpholine rings is 1. The maximum atomic E-state index is 13.2. The normalized spacial score (nSPS) is 22.4. The van der Waals surface area contributed by atoms with E-state index in [-0.39, 0.29) is 29.0 Å². The predicted molar refractivity (Wildman–Crippen MR) is 157 cm³/mol. The summed E-state index contributed by atoms with van der Waals surface area (Å²) in [6, 6.07) is 18.5. The Hall–Kier alpha value is -2.78. The van der Waals surface area contributed by atoms with Crippen molar-refractivity contribution in [2.75, 3.05) is 33.4 Å². The van der Waals surface area contributed by atoms with Crippen LogP contribution in [0.1, 0.15) is 38.2 Å². The van der Waals surface area contributed by atoms with Crippen molar-refractivity contribution < 1.29 is 28.6 Å². The second-order valence-corrected chi connectivity index (χ2v) is 11.6. The van der Waals surface area contributed by atoms with Crippen molar-refractivity contribution in [3.63, 3.8) is 0 Å². The van der Waals surface area contributed by atoms with E-state index in [0.717, 1.165) is 48.8 Å². The fraction of sp³-hybridized carbons (Fsp3) is 0.469. The molecule has 1 aliphatic carbocycles. The molecule has 0 radical (unpaired) electrons. The molecule has 4 atom stereocenters. The third-order valence-electron chi connectivity index (χ3n) is 7.54. The number of allylic oxidation sites excluding steroid dienone is 2. The van der Waals surface area contributed by atoms with E-state index < -0.39 is 11.2 Å². The van der Waals surface area contributed by atoms with Crippen molar-refractivity contribution in [1.82, 2.24) is 4.90 Å². The van der Waals surface area contributed by atoms with Gasteiger partial charge in [-0.3, -0.25) is 19.3 Å². The van der Waals surface area contributed by atoms with Crippen LogP contribution in [-0.2, 0) is 35.2 Å². The summed E-state index contributed by atoms with van der Waals surface area (Å²) in [5.74, 6) is -0.0883. The van der Waals surface area contributed by atoms with Crippen LogP contribution in [-0.4, -0.2) is 72.6 Å². The maximum Gasteiger partial charge on any atom is 0.319 e. The van der Waals surface area contributed by atoms with Crippen molar-refractivity contribution in [2.45, 2.75) is 56.6 Å². The molecule has 7 nitrogen and oxygen atoms in total. The number of Topliss-reactive ketones (excluding diaryl/α,β-unsaturated/α-hetero) is 1. The molecular formula is C32H39NO6S. The van der Waals surface area contributed by atoms with E-state index in [2.05, 4.69) is 41.3 Å². The molecule has 0 amide bonds. The molecule has 0 spiro atoms. The maximum absolute atomic E-state index is 13.2. The zero-order valence-electron chi connectivity index (χ0n) is 23.3. The molecule has 0 bridgehead atoms. The van der Waals surface area contributed by atoms with Gasteiger partial charge in [0, 0.05) is 32.4 Å². The van der Waals surface area contributed by atoms with Gasteiger partial charge in [-0.05, 0) is 36.0 Å². The van der Waals surface area contributed by atoms with Gasteiger partial charge in [0.2, 0.25) is 0 Å². The van der Waals surface area contributed by atoms with E-state index >= 15 is 0 Å². The van der Waals surface area contributed by atoms with Gasteiger partial charge in [-0.2, -0.15) is 0 Å². The van der Waals surface area contributed by atoms with Crippen LogP contribution in [0, 0.1) is 5.92 Å². The minimum atomic E-state index is -0.544. The van der Waals surface area contributed by atoms with Gasteiger partial charge in [0.15, 0.2) is 10.9 Å². The molecular weight excluding hydrogens is 526 g/mol. The molecule has 1 saturated carbocycles. The first-order chi connectivity index (χ1) is 19.5. The largest absolute Gasteiger partial charge is 0.468 e. The van der Waals surface area contributed by atoms with E-state index in [1.807, 2.05) is 30.4 Å². The number of thioether (sulfide) groups is 1. The number of ketones is 1. The van der Waals surface area contributed by atoms with Crippen molar-refractivity contribution >= 4 is 28.6 Å². The molecule has 2 aliphatic rings. The van der Waals surface area contributed by atoms with Crippen molar-refractivity contribution in [3.05, 3.63) is 72.3 Å². The van der Waals surface area contributed by atoms with Crippen LogP contribution in [0.5, 0.6) is 0 Å². The second kappa shape index (κ2) is 15.3. The van der Waals surface area contributed by atoms with Crippen LogP contribution in [0.15, 0.2) is 66.7 Å². The SMILES string of the molecule is COC(=O)C(CC=CCC[C@H]1[C@@H](OCc2ccc(-c3ccccc3)cc2)CC(=O)[C@@H]1N1CCOCC1)SC(C)=O. The summed E-state index contributed by atoms with van der Waals surface area (Å²) < 4.78 is 16.8. The highest BCUT2D eigenvalue weighted by atomic mass is 32.2. The lowest BCUT2D eigenvalue weighted by atomic mass is 9.93. The molecule has 8 heteroatoms. The number of carbonyl (C=O) groups is 3. The highest BCUT2D eigenvalue weighted by Crippen LogP contribution is 2.35. The summed E-state index contributed by atoms with van der Waals surface area (Å²) in [5, 5.41) is -0.659. The van der Waals surface area contributed by atoms with Gasteiger partial charge in [0.05, 0.1) is 39.1 Å². The molecule has 40 heavy (non-hydrogen) atoms. The molecule has 1 aliphatic heterocycles. The molecule has 0 N–H and O–H groups in total. The number of hydrogen-bond donors (Lipinski definition) is 0. The Morgan fingerprint density at radius 1 is 1.05 bits per heavy atom. The number of esters is 1. The van der Waals surface area contributed by atoms with E-state index in [1.54, 1.807) is 0 Å². The van der Waals surface area contributed by atoms with Gasteiger partial charge in [-0.1, -0.05) is 78.5 Å². The van der Waals surface area contributed by atoms with Gasteiger partial charge in [-0.15, -0.1) is 0 Å². The second-order valence-electron chi connectivity index (χ2n) is 10.2. The molecule has 1 heterocycles. The van der Waals surface area contributed by atoms with Crippen LogP contribution >= 0.6 is 11.8 Å². The lowest BCUT2D eigenvalue weighted by Gasteiger charge is -2.35. The Balaban J connectivity index is 1.38. The Morgan fingerprint density at radius 2 is 1.75 bits per heavy atom. The molecule has 2 aromatic carbocycles. The summed E-state index contributed by atoms with van der Waals surface area (Å²) in [4.78, 5) is 39.0. The molecule has 1 unspecified atom stereocenters. The fourth-order valence-electron chi connectivity index (χ4n) is 5.55. The van der Waals surface area contributed by atoms with Gasteiger partial charge in [0.1, 0.15) is 5.25 Å². The Morgan fingerprint density at radius 3 is 2.42 bits per heavy atom. The number of rotatable bonds is 12. The summed E-state index contributed by atoms with van der Waals surface area (Å²) in [6.45, 7) is 4.68. The zero-order valence-corrected chi connectivity index (χ0v) is 24.1. The average molecular weight is 566 g/mol. The van der Waals surface area contributed by atoms with Crippen LogP contribution < -0.4 is 0 Å². The molecule has 0 aromatic heterocycles. The van der Waals surface area contributed by atoms with Crippen LogP contribution in [0.4, 0.5) is 0 Å². The van der Waals surface area contributed by atoms with Crippen molar-refractivity contribution in [3.8, 4) is 11.1 Å². The lowest BCUT2D eigenvalue weighted by Crippen LogP contribution is -2.49. The quantitative estimate of drug-likeness (QED) is 0.261. The molecule has 4 rings (SSSR count). The van der Waals surface area contributed by atoms with Gasteiger partial charge >= 0.3 is 5.97 Å². The number of carbonyl (C=O) groups excluding carboxylic acids is 3. The fourth-order valence-corrected chi connectivity index (χ4v) is 6.35. The highest BCUT2D eigenvalue weighted by Gasteiger charge is 2.45. The third-order valence-corrected chi connectivity index (χ3v) is 8.54. The van der Waals surface area contributed by atoms with Gasteiger partial charge < -0.3 is 14.2 Å². The summed E-state index contributed by atoms with van der Waals surface area (Å²) in [5.41, 5.74) is 3.42. The first-order valence-electron chi connectivity index (χ1n) is 14.0. The minimum absolute atomic E-state index is 0.0711. The topological polar surface area (TPSA) is 82.1 Å². The average Bonchev–Trinajstić information content (AvgIpc) is 3.30. The van der Waals surface area contributed by atoms with Crippen LogP contribution in [0.25, 0.3) is 11.1 Å². The number of ether oxygens (including phenoxy) is 3. The summed E-state index contributed by atoms with van der Waals surface area (Å²) in [6.07, 6.45) is 6.20. The van der Waals surface area contributed by atoms with E-state index in [4.69, 9.17) is 14.2 Å². The zero-order chi connectivity index (χ0) is 28.3. The Labute approximate surface area is 241 Å². The molecule has 214 valence electrons. The van der Waals surface area contributed by atoms with Crippen molar-refractivity contribution in [1.29, 1.82) is 0 Å². The van der Waals surface area contributed by atoms with E-state index in [9.17, 15) is 14.4 Å². The predicted octanol–water partition coefficient (Wildman–Crippen LogP) is 5.08. The molecule has 2 fully saturated rings. The Kier molecular flexibility index (Phi) is 11.5. The minimum Gasteiger partial charge on any atom is -0.468 e. The van der Waals surface area contributed by atoms with Crippen molar-refractivity contribution in [2.24, 2.45) is 5.92 Å². The van der Waals surface area contributed by atoms with E-state index in [0.29, 0.717) is 32.7 Å². The highest BCUT2D eigenvalue weighted by molar-refractivity contribution is 8.14. The third kappa shape index (κ3) is 8.36. The summed E-state index contributed by atoms with van der Waals surface area (Å²) in [7, 11) is 1.33. The number of nitrogens with zero attached hydrogens (tertiary/aromatic N) is 1. The van der Waals surface area contributed by atoms with Gasteiger partial charge in [0.25, 0.3) is 0 Å². The summed E-state index contributed by atoms with van der Waals surface area (Å²) >= 11 is 0.992. The first-order valence-corrected chi connectivity index (χ1v) is 14.8. The number of hydrogen-bond acceptors (Lipinski definition) is 8. The molecule has 1 saturated heterocycles. The lowest BCUT2D eigenvalue weighted by molar-refractivity contribution is -0.140. The molecule has 2 aromatic rings.